The van der Waals surface area contributed by atoms with E-state index in [2.05, 4.69) is 10.6 Å². The number of ether oxygens (including phenoxy) is 2. The highest BCUT2D eigenvalue weighted by Gasteiger charge is 2.22. The first-order valence-corrected chi connectivity index (χ1v) is 8.03. The van der Waals surface area contributed by atoms with E-state index in [1.54, 1.807) is 20.8 Å². The highest BCUT2D eigenvalue weighted by molar-refractivity contribution is 5.68. The van der Waals surface area contributed by atoms with E-state index < -0.39 is 23.3 Å². The fourth-order valence-corrected chi connectivity index (χ4v) is 1.89. The van der Waals surface area contributed by atoms with E-state index in [-0.39, 0.29) is 6.61 Å². The molecule has 0 unspecified atom stereocenters. The molecule has 0 heterocycles. The summed E-state index contributed by atoms with van der Waals surface area (Å²) in [4.78, 5) is 23.5. The van der Waals surface area contributed by atoms with Gasteiger partial charge in [-0.1, -0.05) is 30.3 Å². The van der Waals surface area contributed by atoms with E-state index in [9.17, 15) is 9.59 Å². The number of benzene rings is 1. The van der Waals surface area contributed by atoms with Crippen LogP contribution < -0.4 is 10.6 Å². The first-order valence-electron chi connectivity index (χ1n) is 8.03. The molecule has 6 nitrogen and oxygen atoms in total. The van der Waals surface area contributed by atoms with Gasteiger partial charge in [0, 0.05) is 12.1 Å². The Morgan fingerprint density at radius 2 is 1.62 bits per heavy atom. The monoisotopic (exact) mass is 336 g/mol. The Balaban J connectivity index is 2.29. The maximum absolute atomic E-state index is 11.9. The zero-order valence-electron chi connectivity index (χ0n) is 15.1. The third-order valence-corrected chi connectivity index (χ3v) is 3.07. The molecule has 0 aliphatic carbocycles. The van der Waals surface area contributed by atoms with Crippen LogP contribution in [0, 0.1) is 0 Å². The highest BCUT2D eigenvalue weighted by Crippen LogP contribution is 2.10. The fourth-order valence-electron chi connectivity index (χ4n) is 1.89. The summed E-state index contributed by atoms with van der Waals surface area (Å²) in [6.45, 7) is 9.77. The standard InChI is InChI=1S/C18H28N2O4/c1-17(2,3)24-15(21)19-12-11-18(4,5)20-16(22)23-13-14-9-7-6-8-10-14/h6-10H,11-13H2,1-5H3,(H,19,21)(H,20,22). The van der Waals surface area contributed by atoms with Gasteiger partial charge < -0.3 is 20.1 Å². The van der Waals surface area contributed by atoms with Crippen molar-refractivity contribution in [1.29, 1.82) is 0 Å². The number of hydrogen-bond donors (Lipinski definition) is 2. The summed E-state index contributed by atoms with van der Waals surface area (Å²) >= 11 is 0. The summed E-state index contributed by atoms with van der Waals surface area (Å²) < 4.78 is 10.4. The van der Waals surface area contributed by atoms with E-state index in [0.717, 1.165) is 5.56 Å². The van der Waals surface area contributed by atoms with Gasteiger partial charge in [0.1, 0.15) is 12.2 Å². The molecule has 0 aliphatic heterocycles. The van der Waals surface area contributed by atoms with Gasteiger partial charge in [0.25, 0.3) is 0 Å². The van der Waals surface area contributed by atoms with Crippen LogP contribution in [0.2, 0.25) is 0 Å². The summed E-state index contributed by atoms with van der Waals surface area (Å²) in [5, 5.41) is 5.47. The molecule has 0 aliphatic rings. The van der Waals surface area contributed by atoms with Crippen LogP contribution in [-0.2, 0) is 16.1 Å². The molecule has 0 radical (unpaired) electrons. The number of nitrogens with one attached hydrogen (secondary N) is 2. The van der Waals surface area contributed by atoms with Crippen molar-refractivity contribution in [2.75, 3.05) is 6.54 Å². The topological polar surface area (TPSA) is 76.7 Å². The van der Waals surface area contributed by atoms with Crippen LogP contribution >= 0.6 is 0 Å². The average molecular weight is 336 g/mol. The number of amides is 2. The van der Waals surface area contributed by atoms with Crippen LogP contribution in [0.3, 0.4) is 0 Å². The van der Waals surface area contributed by atoms with E-state index >= 15 is 0 Å². The maximum atomic E-state index is 11.9. The Labute approximate surface area is 143 Å². The zero-order chi connectivity index (χ0) is 18.2. The quantitative estimate of drug-likeness (QED) is 0.832. The number of carbonyl (C=O) groups is 2. The van der Waals surface area contributed by atoms with Gasteiger partial charge in [-0.2, -0.15) is 0 Å². The molecule has 2 amide bonds. The summed E-state index contributed by atoms with van der Waals surface area (Å²) in [6, 6.07) is 9.47. The van der Waals surface area contributed by atoms with Crippen LogP contribution in [0.4, 0.5) is 9.59 Å². The second-order valence-corrected chi connectivity index (χ2v) is 7.25. The third kappa shape index (κ3) is 9.02. The molecule has 1 rings (SSSR count). The number of rotatable bonds is 6. The van der Waals surface area contributed by atoms with Crippen molar-refractivity contribution in [3.63, 3.8) is 0 Å². The van der Waals surface area contributed by atoms with Crippen molar-refractivity contribution in [3.8, 4) is 0 Å². The molecular formula is C18H28N2O4. The summed E-state index contributed by atoms with van der Waals surface area (Å²) in [5.74, 6) is 0. The minimum absolute atomic E-state index is 0.221. The number of hydrogen-bond acceptors (Lipinski definition) is 4. The summed E-state index contributed by atoms with van der Waals surface area (Å²) in [6.07, 6.45) is -0.404. The maximum Gasteiger partial charge on any atom is 0.407 e. The van der Waals surface area contributed by atoms with Crippen LogP contribution in [0.25, 0.3) is 0 Å². The predicted octanol–water partition coefficient (Wildman–Crippen LogP) is 3.61. The molecular weight excluding hydrogens is 308 g/mol. The van der Waals surface area contributed by atoms with Crippen molar-refractivity contribution >= 4 is 12.2 Å². The first-order chi connectivity index (χ1) is 11.1. The zero-order valence-corrected chi connectivity index (χ0v) is 15.1. The van der Waals surface area contributed by atoms with Crippen molar-refractivity contribution < 1.29 is 19.1 Å². The Kier molecular flexibility index (Phi) is 7.07. The first kappa shape index (κ1) is 19.8. The SMILES string of the molecule is CC(C)(CCNC(=O)OC(C)(C)C)NC(=O)OCc1ccccc1. The van der Waals surface area contributed by atoms with E-state index in [1.165, 1.54) is 0 Å². The smallest absolute Gasteiger partial charge is 0.407 e. The Hall–Kier alpha value is -2.24. The second-order valence-electron chi connectivity index (χ2n) is 7.25. The van der Waals surface area contributed by atoms with Crippen molar-refractivity contribution in [2.45, 2.75) is 58.8 Å². The molecule has 1 aromatic rings. The summed E-state index contributed by atoms with van der Waals surface area (Å²) in [5.41, 5.74) is -0.112. The van der Waals surface area contributed by atoms with Gasteiger partial charge in [0.2, 0.25) is 0 Å². The molecule has 0 saturated carbocycles. The van der Waals surface area contributed by atoms with Gasteiger partial charge in [-0.25, -0.2) is 9.59 Å². The molecule has 0 fully saturated rings. The highest BCUT2D eigenvalue weighted by atomic mass is 16.6. The van der Waals surface area contributed by atoms with E-state index in [4.69, 9.17) is 9.47 Å². The molecule has 0 bridgehead atoms. The van der Waals surface area contributed by atoms with Crippen LogP contribution in [-0.4, -0.2) is 29.9 Å². The Morgan fingerprint density at radius 3 is 2.21 bits per heavy atom. The molecule has 0 aromatic heterocycles. The van der Waals surface area contributed by atoms with E-state index in [0.29, 0.717) is 13.0 Å². The molecule has 0 spiro atoms. The van der Waals surface area contributed by atoms with Gasteiger partial charge in [-0.05, 0) is 46.6 Å². The lowest BCUT2D eigenvalue weighted by Crippen LogP contribution is -2.46. The van der Waals surface area contributed by atoms with Gasteiger partial charge in [0.15, 0.2) is 0 Å². The minimum Gasteiger partial charge on any atom is -0.445 e. The average Bonchev–Trinajstić information content (AvgIpc) is 2.43. The van der Waals surface area contributed by atoms with Crippen LogP contribution in [0.1, 0.15) is 46.6 Å². The molecule has 24 heavy (non-hydrogen) atoms. The lowest BCUT2D eigenvalue weighted by molar-refractivity contribution is 0.0524. The fraction of sp³-hybridized carbons (Fsp3) is 0.556. The summed E-state index contributed by atoms with van der Waals surface area (Å²) in [7, 11) is 0. The molecule has 0 saturated heterocycles. The molecule has 2 N–H and O–H groups in total. The van der Waals surface area contributed by atoms with Gasteiger partial charge in [-0.15, -0.1) is 0 Å². The third-order valence-electron chi connectivity index (χ3n) is 3.07. The lowest BCUT2D eigenvalue weighted by atomic mass is 10.0. The minimum atomic E-state index is -0.529. The normalized spacial score (nSPS) is 11.5. The van der Waals surface area contributed by atoms with E-state index in [1.807, 2.05) is 44.2 Å². The largest absolute Gasteiger partial charge is 0.445 e. The van der Waals surface area contributed by atoms with Crippen molar-refractivity contribution in [3.05, 3.63) is 35.9 Å². The molecule has 6 heteroatoms. The van der Waals surface area contributed by atoms with Crippen molar-refractivity contribution in [1.82, 2.24) is 10.6 Å². The second kappa shape index (κ2) is 8.57. The van der Waals surface area contributed by atoms with Gasteiger partial charge in [0.05, 0.1) is 0 Å². The van der Waals surface area contributed by atoms with Crippen LogP contribution in [0.5, 0.6) is 0 Å². The number of alkyl carbamates (subject to hydrolysis) is 2. The molecule has 0 atom stereocenters. The molecule has 1 aromatic carbocycles. The van der Waals surface area contributed by atoms with Gasteiger partial charge in [-0.3, -0.25) is 0 Å². The van der Waals surface area contributed by atoms with Crippen molar-refractivity contribution in [2.24, 2.45) is 0 Å². The Bertz CT molecular complexity index is 536. The van der Waals surface area contributed by atoms with Gasteiger partial charge >= 0.3 is 12.2 Å². The number of carbonyl (C=O) groups excluding carboxylic acids is 2. The molecule has 134 valence electrons. The lowest BCUT2D eigenvalue weighted by Gasteiger charge is -2.26. The van der Waals surface area contributed by atoms with Crippen LogP contribution in [0.15, 0.2) is 30.3 Å². The Morgan fingerprint density at radius 1 is 1.00 bits per heavy atom. The predicted molar refractivity (Wildman–Crippen MR) is 92.7 cm³/mol.